The van der Waals surface area contributed by atoms with Gasteiger partial charge in [-0.1, -0.05) is 40.8 Å². The van der Waals surface area contributed by atoms with Crippen molar-refractivity contribution < 1.29 is 10.0 Å². The van der Waals surface area contributed by atoms with Crippen LogP contribution in [0.25, 0.3) is 0 Å². The number of anilines is 1. The van der Waals surface area contributed by atoms with Gasteiger partial charge in [0.1, 0.15) is 5.41 Å². The van der Waals surface area contributed by atoms with E-state index < -0.39 is 5.41 Å². The molecule has 0 spiro atoms. The first kappa shape index (κ1) is 14.0. The van der Waals surface area contributed by atoms with Crippen molar-refractivity contribution in [1.29, 1.82) is 0 Å². The summed E-state index contributed by atoms with van der Waals surface area (Å²) in [5, 5.41) is 15.1. The van der Waals surface area contributed by atoms with Crippen molar-refractivity contribution in [3.05, 3.63) is 28.2 Å². The summed E-state index contributed by atoms with van der Waals surface area (Å²) in [5.41, 5.74) is 5.00. The summed E-state index contributed by atoms with van der Waals surface area (Å²) in [6, 6.07) is 4.93. The predicted octanol–water partition coefficient (Wildman–Crippen LogP) is 2.85. The molecule has 0 unspecified atom stereocenters. The van der Waals surface area contributed by atoms with Crippen molar-refractivity contribution in [1.82, 2.24) is 0 Å². The van der Waals surface area contributed by atoms with E-state index in [0.717, 1.165) is 6.42 Å². The van der Waals surface area contributed by atoms with Crippen LogP contribution in [-0.2, 0) is 4.79 Å². The molecule has 1 aliphatic rings. The molecule has 5 nitrogen and oxygen atoms in total. The number of nitrogens with zero attached hydrogens (tertiary/aromatic N) is 1. The van der Waals surface area contributed by atoms with Crippen LogP contribution in [0.1, 0.15) is 19.3 Å². The zero-order valence-electron chi connectivity index (χ0n) is 9.99. The lowest BCUT2D eigenvalue weighted by Crippen LogP contribution is -2.51. The van der Waals surface area contributed by atoms with E-state index in [0.29, 0.717) is 28.6 Å². The molecular formula is C12H13Cl2N3O2. The molecule has 1 aliphatic carbocycles. The third kappa shape index (κ3) is 2.35. The minimum atomic E-state index is -0.961. The second-order valence-electron chi connectivity index (χ2n) is 4.47. The number of benzene rings is 1. The first-order chi connectivity index (χ1) is 9.01. The largest absolute Gasteiger partial charge is 0.409 e. The molecule has 2 rings (SSSR count). The number of rotatable bonds is 3. The molecule has 0 heterocycles. The maximum Gasteiger partial charge on any atom is 0.238 e. The van der Waals surface area contributed by atoms with E-state index in [1.165, 1.54) is 0 Å². The van der Waals surface area contributed by atoms with Crippen LogP contribution in [0.2, 0.25) is 10.0 Å². The van der Waals surface area contributed by atoms with Crippen molar-refractivity contribution in [3.63, 3.8) is 0 Å². The SMILES string of the molecule is N/C(=N/O)C1(C(=O)Nc2c(Cl)cccc2Cl)CCC1. The fourth-order valence-electron chi connectivity index (χ4n) is 2.08. The molecule has 4 N–H and O–H groups in total. The Morgan fingerprint density at radius 3 is 2.37 bits per heavy atom. The second kappa shape index (κ2) is 5.27. The number of hydrogen-bond donors (Lipinski definition) is 3. The highest BCUT2D eigenvalue weighted by Crippen LogP contribution is 2.43. The summed E-state index contributed by atoms with van der Waals surface area (Å²) in [6.45, 7) is 0. The third-order valence-electron chi connectivity index (χ3n) is 3.44. The van der Waals surface area contributed by atoms with Crippen molar-refractivity contribution >= 4 is 40.6 Å². The minimum absolute atomic E-state index is 0.0839. The molecule has 102 valence electrons. The van der Waals surface area contributed by atoms with Gasteiger partial charge in [-0.2, -0.15) is 0 Å². The van der Waals surface area contributed by atoms with Crippen LogP contribution in [0, 0.1) is 5.41 Å². The first-order valence-corrected chi connectivity index (χ1v) is 6.50. The number of halogens is 2. The highest BCUT2D eigenvalue weighted by atomic mass is 35.5. The predicted molar refractivity (Wildman–Crippen MR) is 74.8 cm³/mol. The molecule has 1 fully saturated rings. The molecule has 19 heavy (non-hydrogen) atoms. The van der Waals surface area contributed by atoms with Crippen LogP contribution in [0.5, 0.6) is 0 Å². The number of oxime groups is 1. The van der Waals surface area contributed by atoms with Crippen LogP contribution >= 0.6 is 23.2 Å². The van der Waals surface area contributed by atoms with Gasteiger partial charge in [-0.15, -0.1) is 0 Å². The molecule has 0 saturated heterocycles. The average molecular weight is 302 g/mol. The zero-order valence-corrected chi connectivity index (χ0v) is 11.5. The van der Waals surface area contributed by atoms with Crippen molar-refractivity contribution in [2.75, 3.05) is 5.32 Å². The number of para-hydroxylation sites is 1. The third-order valence-corrected chi connectivity index (χ3v) is 4.07. The van der Waals surface area contributed by atoms with Gasteiger partial charge < -0.3 is 16.3 Å². The highest BCUT2D eigenvalue weighted by molar-refractivity contribution is 6.40. The van der Waals surface area contributed by atoms with Crippen LogP contribution in [0.3, 0.4) is 0 Å². The van der Waals surface area contributed by atoms with Gasteiger partial charge in [-0.3, -0.25) is 4.79 Å². The Kier molecular flexibility index (Phi) is 3.87. The summed E-state index contributed by atoms with van der Waals surface area (Å²) in [6.07, 6.45) is 1.92. The summed E-state index contributed by atoms with van der Waals surface area (Å²) in [7, 11) is 0. The van der Waals surface area contributed by atoms with E-state index >= 15 is 0 Å². The molecule has 1 aromatic carbocycles. The number of amides is 1. The standard InChI is InChI=1S/C12H13Cl2N3O2/c13-7-3-1-4-8(14)9(7)16-11(18)12(5-2-6-12)10(15)17-19/h1,3-4,19H,2,5-6H2,(H2,15,17)(H,16,18). The summed E-state index contributed by atoms with van der Waals surface area (Å²) < 4.78 is 0. The number of nitrogens with two attached hydrogens (primary N) is 1. The van der Waals surface area contributed by atoms with E-state index in [-0.39, 0.29) is 11.7 Å². The molecule has 0 aliphatic heterocycles. The number of amidine groups is 1. The highest BCUT2D eigenvalue weighted by Gasteiger charge is 2.48. The van der Waals surface area contributed by atoms with Gasteiger partial charge in [0.25, 0.3) is 0 Å². The Morgan fingerprint density at radius 1 is 1.37 bits per heavy atom. The Bertz CT molecular complexity index is 522. The quantitative estimate of drug-likeness (QED) is 0.347. The van der Waals surface area contributed by atoms with E-state index in [9.17, 15) is 4.79 Å². The lowest BCUT2D eigenvalue weighted by Gasteiger charge is -2.38. The summed E-state index contributed by atoms with van der Waals surface area (Å²) >= 11 is 12.0. The van der Waals surface area contributed by atoms with Gasteiger partial charge in [-0.25, -0.2) is 0 Å². The Morgan fingerprint density at radius 2 is 1.95 bits per heavy atom. The lowest BCUT2D eigenvalue weighted by molar-refractivity contribution is -0.125. The normalized spacial score (nSPS) is 17.7. The minimum Gasteiger partial charge on any atom is -0.409 e. The van der Waals surface area contributed by atoms with Gasteiger partial charge in [0.15, 0.2) is 5.84 Å². The molecule has 1 aromatic rings. The van der Waals surface area contributed by atoms with Crippen molar-refractivity contribution in [2.45, 2.75) is 19.3 Å². The van der Waals surface area contributed by atoms with E-state index in [1.54, 1.807) is 18.2 Å². The number of hydrogen-bond acceptors (Lipinski definition) is 3. The monoisotopic (exact) mass is 301 g/mol. The van der Waals surface area contributed by atoms with Crippen LogP contribution in [-0.4, -0.2) is 17.0 Å². The van der Waals surface area contributed by atoms with Crippen LogP contribution in [0.4, 0.5) is 5.69 Å². The van der Waals surface area contributed by atoms with Crippen LogP contribution in [0.15, 0.2) is 23.4 Å². The average Bonchev–Trinajstić information content (AvgIpc) is 2.32. The van der Waals surface area contributed by atoms with Crippen molar-refractivity contribution in [3.8, 4) is 0 Å². The van der Waals surface area contributed by atoms with Gasteiger partial charge in [0.2, 0.25) is 5.91 Å². The molecule has 7 heteroatoms. The molecule has 0 bridgehead atoms. The van der Waals surface area contributed by atoms with Gasteiger partial charge in [0, 0.05) is 0 Å². The molecule has 0 radical (unpaired) electrons. The molecule has 0 atom stereocenters. The number of nitrogens with one attached hydrogen (secondary N) is 1. The smallest absolute Gasteiger partial charge is 0.238 e. The second-order valence-corrected chi connectivity index (χ2v) is 5.29. The van der Waals surface area contributed by atoms with E-state index in [2.05, 4.69) is 10.5 Å². The lowest BCUT2D eigenvalue weighted by atomic mass is 9.67. The Hall–Kier alpha value is -1.46. The van der Waals surface area contributed by atoms with Gasteiger partial charge in [-0.05, 0) is 25.0 Å². The van der Waals surface area contributed by atoms with Crippen LogP contribution < -0.4 is 11.1 Å². The maximum atomic E-state index is 12.3. The van der Waals surface area contributed by atoms with Gasteiger partial charge >= 0.3 is 0 Å². The zero-order chi connectivity index (χ0) is 14.0. The molecule has 0 aromatic heterocycles. The maximum absolute atomic E-state index is 12.3. The fraction of sp³-hybridized carbons (Fsp3) is 0.333. The Labute approximate surface area is 120 Å². The van der Waals surface area contributed by atoms with Gasteiger partial charge in [0.05, 0.1) is 15.7 Å². The first-order valence-electron chi connectivity index (χ1n) is 5.75. The molecular weight excluding hydrogens is 289 g/mol. The fourth-order valence-corrected chi connectivity index (χ4v) is 2.57. The van der Waals surface area contributed by atoms with Crippen molar-refractivity contribution in [2.24, 2.45) is 16.3 Å². The molecule has 1 amide bonds. The summed E-state index contributed by atoms with van der Waals surface area (Å²) in [4.78, 5) is 12.3. The van der Waals surface area contributed by atoms with E-state index in [1.807, 2.05) is 0 Å². The number of carbonyl (C=O) groups excluding carboxylic acids is 1. The number of carbonyl (C=O) groups is 1. The Balaban J connectivity index is 2.26. The summed E-state index contributed by atoms with van der Waals surface area (Å²) in [5.74, 6) is -0.441. The van der Waals surface area contributed by atoms with E-state index in [4.69, 9.17) is 34.1 Å². The topological polar surface area (TPSA) is 87.7 Å². The molecule has 1 saturated carbocycles.